The summed E-state index contributed by atoms with van der Waals surface area (Å²) in [6.07, 6.45) is 6.74. The molecule has 1 aliphatic carbocycles. The van der Waals surface area contributed by atoms with Crippen LogP contribution in [-0.4, -0.2) is 7.05 Å². The van der Waals surface area contributed by atoms with E-state index in [0.29, 0.717) is 6.04 Å². The van der Waals surface area contributed by atoms with Crippen molar-refractivity contribution in [3.05, 3.63) is 33.3 Å². The van der Waals surface area contributed by atoms with Crippen LogP contribution in [0.5, 0.6) is 0 Å². The highest BCUT2D eigenvalue weighted by Gasteiger charge is 2.25. The quantitative estimate of drug-likeness (QED) is 0.832. The Bertz CT molecular complexity index is 374. The molecule has 1 nitrogen and oxygen atoms in total. The second-order valence-corrected chi connectivity index (χ2v) is 6.15. The molecule has 17 heavy (non-hydrogen) atoms. The lowest BCUT2D eigenvalue weighted by atomic mass is 9.81. The van der Waals surface area contributed by atoms with Crippen LogP contribution in [0.3, 0.4) is 0 Å². The first-order chi connectivity index (χ1) is 8.22. The van der Waals surface area contributed by atoms with E-state index in [1.54, 1.807) is 0 Å². The Labute approximate surface area is 117 Å². The summed E-state index contributed by atoms with van der Waals surface area (Å²) in [6.45, 7) is 0. The van der Waals surface area contributed by atoms with Crippen molar-refractivity contribution in [1.82, 2.24) is 5.32 Å². The van der Waals surface area contributed by atoms with Gasteiger partial charge >= 0.3 is 0 Å². The molecule has 1 unspecified atom stereocenters. The summed E-state index contributed by atoms with van der Waals surface area (Å²) in [6, 6.07) is 6.61. The number of hydrogen-bond donors (Lipinski definition) is 1. The minimum atomic E-state index is 0.399. The van der Waals surface area contributed by atoms with Crippen LogP contribution in [0.15, 0.2) is 22.7 Å². The fraction of sp³-hybridized carbons (Fsp3) is 0.571. The highest BCUT2D eigenvalue weighted by molar-refractivity contribution is 9.10. The van der Waals surface area contributed by atoms with E-state index in [0.717, 1.165) is 15.4 Å². The van der Waals surface area contributed by atoms with Crippen molar-refractivity contribution in [2.45, 2.75) is 38.1 Å². The van der Waals surface area contributed by atoms with E-state index in [4.69, 9.17) is 11.6 Å². The molecule has 1 aromatic carbocycles. The maximum atomic E-state index is 6.35. The first-order valence-electron chi connectivity index (χ1n) is 6.34. The Balaban J connectivity index is 2.21. The highest BCUT2D eigenvalue weighted by Crippen LogP contribution is 2.37. The molecule has 1 saturated carbocycles. The van der Waals surface area contributed by atoms with Crippen LogP contribution in [0.1, 0.15) is 43.7 Å². The van der Waals surface area contributed by atoms with Crippen LogP contribution < -0.4 is 5.32 Å². The van der Waals surface area contributed by atoms with Crippen molar-refractivity contribution in [3.63, 3.8) is 0 Å². The minimum Gasteiger partial charge on any atom is -0.313 e. The van der Waals surface area contributed by atoms with E-state index in [9.17, 15) is 0 Å². The van der Waals surface area contributed by atoms with Crippen LogP contribution in [0.2, 0.25) is 5.02 Å². The van der Waals surface area contributed by atoms with Crippen molar-refractivity contribution in [3.8, 4) is 0 Å². The normalized spacial score (nSPS) is 19.2. The van der Waals surface area contributed by atoms with E-state index in [2.05, 4.69) is 33.4 Å². The van der Waals surface area contributed by atoms with Gasteiger partial charge in [0.05, 0.1) is 0 Å². The summed E-state index contributed by atoms with van der Waals surface area (Å²) in [5.41, 5.74) is 1.24. The predicted molar refractivity (Wildman–Crippen MR) is 77.5 cm³/mol. The standard InChI is InChI=1S/C14H19BrClN/c1-17-14(10-5-3-2-4-6-10)12-8-7-11(15)9-13(12)16/h7-10,14,17H,2-6H2,1H3. The zero-order valence-corrected chi connectivity index (χ0v) is 12.5. The Morgan fingerprint density at radius 2 is 2.00 bits per heavy atom. The van der Waals surface area contributed by atoms with Gasteiger partial charge in [0, 0.05) is 15.5 Å². The van der Waals surface area contributed by atoms with Crippen molar-refractivity contribution in [2.24, 2.45) is 5.92 Å². The number of benzene rings is 1. The molecule has 0 spiro atoms. The number of halogens is 2. The van der Waals surface area contributed by atoms with Crippen LogP contribution in [0, 0.1) is 5.92 Å². The van der Waals surface area contributed by atoms with Gasteiger partial charge in [0.1, 0.15) is 0 Å². The Hall–Kier alpha value is -0.0500. The minimum absolute atomic E-state index is 0.399. The van der Waals surface area contributed by atoms with Crippen LogP contribution in [0.25, 0.3) is 0 Å². The zero-order valence-electron chi connectivity index (χ0n) is 10.2. The van der Waals surface area contributed by atoms with Gasteiger partial charge in [0.2, 0.25) is 0 Å². The second-order valence-electron chi connectivity index (χ2n) is 4.83. The van der Waals surface area contributed by atoms with E-state index < -0.39 is 0 Å². The van der Waals surface area contributed by atoms with Crippen molar-refractivity contribution in [2.75, 3.05) is 7.05 Å². The zero-order chi connectivity index (χ0) is 12.3. The molecule has 0 aromatic heterocycles. The molecule has 94 valence electrons. The van der Waals surface area contributed by atoms with Crippen LogP contribution in [-0.2, 0) is 0 Å². The monoisotopic (exact) mass is 315 g/mol. The molecule has 0 bridgehead atoms. The molecule has 0 radical (unpaired) electrons. The lowest BCUT2D eigenvalue weighted by Crippen LogP contribution is -2.27. The second kappa shape index (κ2) is 6.21. The summed E-state index contributed by atoms with van der Waals surface area (Å²) in [5, 5.41) is 4.31. The van der Waals surface area contributed by atoms with Crippen molar-refractivity contribution < 1.29 is 0 Å². The van der Waals surface area contributed by atoms with Crippen LogP contribution in [0.4, 0.5) is 0 Å². The van der Waals surface area contributed by atoms with Gasteiger partial charge in [-0.25, -0.2) is 0 Å². The molecule has 0 amide bonds. The molecule has 1 aromatic rings. The number of nitrogens with one attached hydrogen (secondary N) is 1. The first-order valence-corrected chi connectivity index (χ1v) is 7.51. The molecular formula is C14H19BrClN. The third-order valence-corrected chi connectivity index (χ3v) is 4.55. The Kier molecular flexibility index (Phi) is 4.89. The van der Waals surface area contributed by atoms with Gasteiger partial charge in [0.15, 0.2) is 0 Å². The van der Waals surface area contributed by atoms with Crippen molar-refractivity contribution >= 4 is 27.5 Å². The fourth-order valence-corrected chi connectivity index (χ4v) is 3.66. The molecule has 3 heteroatoms. The van der Waals surface area contributed by atoms with E-state index in [1.165, 1.54) is 37.7 Å². The summed E-state index contributed by atoms with van der Waals surface area (Å²) in [4.78, 5) is 0. The SMILES string of the molecule is CNC(c1ccc(Br)cc1Cl)C1CCCCC1. The number of hydrogen-bond acceptors (Lipinski definition) is 1. The predicted octanol–water partition coefficient (Wildman–Crippen LogP) is 4.94. The van der Waals surface area contributed by atoms with E-state index >= 15 is 0 Å². The molecule has 1 aliphatic rings. The first kappa shape index (κ1) is 13.4. The average molecular weight is 317 g/mol. The fourth-order valence-electron chi connectivity index (χ4n) is 2.87. The summed E-state index contributed by atoms with van der Waals surface area (Å²) in [7, 11) is 2.04. The maximum absolute atomic E-state index is 6.35. The van der Waals surface area contributed by atoms with Gasteiger partial charge < -0.3 is 5.32 Å². The lowest BCUT2D eigenvalue weighted by molar-refractivity contribution is 0.282. The Morgan fingerprint density at radius 3 is 2.59 bits per heavy atom. The molecule has 0 aliphatic heterocycles. The van der Waals surface area contributed by atoms with Gasteiger partial charge in [-0.1, -0.05) is 52.9 Å². The number of rotatable bonds is 3. The van der Waals surface area contributed by atoms with E-state index in [-0.39, 0.29) is 0 Å². The van der Waals surface area contributed by atoms with E-state index in [1.807, 2.05) is 13.1 Å². The molecule has 1 fully saturated rings. The molecule has 2 rings (SSSR count). The highest BCUT2D eigenvalue weighted by atomic mass is 79.9. The third-order valence-electron chi connectivity index (χ3n) is 3.73. The topological polar surface area (TPSA) is 12.0 Å². The average Bonchev–Trinajstić information content (AvgIpc) is 2.34. The van der Waals surface area contributed by atoms with Gasteiger partial charge in [-0.05, 0) is 43.5 Å². The molecule has 1 N–H and O–H groups in total. The van der Waals surface area contributed by atoms with Crippen molar-refractivity contribution in [1.29, 1.82) is 0 Å². The largest absolute Gasteiger partial charge is 0.313 e. The van der Waals surface area contributed by atoms with Gasteiger partial charge in [-0.3, -0.25) is 0 Å². The van der Waals surface area contributed by atoms with Crippen LogP contribution >= 0.6 is 27.5 Å². The maximum Gasteiger partial charge on any atom is 0.0465 e. The molecular weight excluding hydrogens is 298 g/mol. The smallest absolute Gasteiger partial charge is 0.0465 e. The summed E-state index contributed by atoms with van der Waals surface area (Å²) < 4.78 is 1.05. The van der Waals surface area contributed by atoms with Gasteiger partial charge in [-0.15, -0.1) is 0 Å². The molecule has 0 heterocycles. The summed E-state index contributed by atoms with van der Waals surface area (Å²) in [5.74, 6) is 0.729. The third kappa shape index (κ3) is 3.24. The van der Waals surface area contributed by atoms with Gasteiger partial charge in [0.25, 0.3) is 0 Å². The molecule has 0 saturated heterocycles. The summed E-state index contributed by atoms with van der Waals surface area (Å²) >= 11 is 9.81. The molecule has 1 atom stereocenters. The Morgan fingerprint density at radius 1 is 1.29 bits per heavy atom. The van der Waals surface area contributed by atoms with Gasteiger partial charge in [-0.2, -0.15) is 0 Å². The lowest BCUT2D eigenvalue weighted by Gasteiger charge is -2.31.